The molecular weight excluding hydrogens is 330 g/mol. The molecule has 0 amide bonds. The summed E-state index contributed by atoms with van der Waals surface area (Å²) in [5, 5.41) is 8.10. The van der Waals surface area contributed by atoms with Crippen LogP contribution in [-0.2, 0) is 16.6 Å². The van der Waals surface area contributed by atoms with Gasteiger partial charge in [0.25, 0.3) is 0 Å². The summed E-state index contributed by atoms with van der Waals surface area (Å²) in [5.74, 6) is 1.66. The van der Waals surface area contributed by atoms with E-state index in [1.165, 1.54) is 6.20 Å². The van der Waals surface area contributed by atoms with Crippen LogP contribution in [0, 0.1) is 12.3 Å². The standard InChI is InChI=1S/C15H21N5O3S/c1-3-19-10-12(9-16-19)24(21,22)20-6-4-15(5-7-20)8-13(15)14-17-11(2)23-18-14/h9-10,13H,3-8H2,1-2H3/t13-/m1/s1. The molecule has 1 atom stereocenters. The lowest BCUT2D eigenvalue weighted by Crippen LogP contribution is -2.39. The van der Waals surface area contributed by atoms with E-state index in [4.69, 9.17) is 4.52 Å². The molecule has 2 aromatic rings. The second-order valence-corrected chi connectivity index (χ2v) is 8.66. The summed E-state index contributed by atoms with van der Waals surface area (Å²) < 4.78 is 33.7. The van der Waals surface area contributed by atoms with Gasteiger partial charge in [0.15, 0.2) is 5.82 Å². The Balaban J connectivity index is 1.45. The monoisotopic (exact) mass is 351 g/mol. The van der Waals surface area contributed by atoms with Crippen molar-refractivity contribution in [1.82, 2.24) is 24.2 Å². The number of nitrogens with zero attached hydrogens (tertiary/aromatic N) is 5. The number of hydrogen-bond acceptors (Lipinski definition) is 6. The van der Waals surface area contributed by atoms with E-state index in [-0.39, 0.29) is 10.3 Å². The number of rotatable bonds is 4. The van der Waals surface area contributed by atoms with Crippen molar-refractivity contribution >= 4 is 10.0 Å². The zero-order chi connectivity index (χ0) is 16.9. The third-order valence-electron chi connectivity index (χ3n) is 5.33. The summed E-state index contributed by atoms with van der Waals surface area (Å²) in [7, 11) is -3.45. The van der Waals surface area contributed by atoms with E-state index in [0.29, 0.717) is 31.4 Å². The first-order chi connectivity index (χ1) is 11.4. The third kappa shape index (κ3) is 2.46. The number of sulfonamides is 1. The second-order valence-electron chi connectivity index (χ2n) is 6.73. The molecule has 1 spiro atoms. The highest BCUT2D eigenvalue weighted by molar-refractivity contribution is 7.89. The summed E-state index contributed by atoms with van der Waals surface area (Å²) in [5.41, 5.74) is 0.149. The topological polar surface area (TPSA) is 94.1 Å². The molecule has 0 N–H and O–H groups in total. The lowest BCUT2D eigenvalue weighted by molar-refractivity contribution is 0.249. The van der Waals surface area contributed by atoms with Crippen molar-refractivity contribution in [3.8, 4) is 0 Å². The Morgan fingerprint density at radius 3 is 2.71 bits per heavy atom. The quantitative estimate of drug-likeness (QED) is 0.829. The summed E-state index contributed by atoms with van der Waals surface area (Å²) in [6.45, 7) is 5.45. The molecule has 0 radical (unpaired) electrons. The van der Waals surface area contributed by atoms with Crippen LogP contribution in [0.2, 0.25) is 0 Å². The Morgan fingerprint density at radius 2 is 2.12 bits per heavy atom. The second kappa shape index (κ2) is 5.38. The van der Waals surface area contributed by atoms with Crippen LogP contribution in [0.4, 0.5) is 0 Å². The third-order valence-corrected chi connectivity index (χ3v) is 7.19. The van der Waals surface area contributed by atoms with E-state index >= 15 is 0 Å². The van der Waals surface area contributed by atoms with Crippen molar-refractivity contribution < 1.29 is 12.9 Å². The first-order valence-electron chi connectivity index (χ1n) is 8.27. The van der Waals surface area contributed by atoms with Crippen LogP contribution >= 0.6 is 0 Å². The first-order valence-corrected chi connectivity index (χ1v) is 9.71. The Bertz CT molecular complexity index is 848. The molecule has 3 heterocycles. The highest BCUT2D eigenvalue weighted by Gasteiger charge is 2.58. The van der Waals surface area contributed by atoms with Gasteiger partial charge in [-0.1, -0.05) is 5.16 Å². The van der Waals surface area contributed by atoms with Gasteiger partial charge in [-0.2, -0.15) is 14.4 Å². The fourth-order valence-electron chi connectivity index (χ4n) is 3.69. The molecule has 1 aliphatic heterocycles. The first kappa shape index (κ1) is 15.8. The molecule has 130 valence electrons. The van der Waals surface area contributed by atoms with Crippen LogP contribution in [0.3, 0.4) is 0 Å². The minimum absolute atomic E-state index is 0.149. The van der Waals surface area contributed by atoms with Gasteiger partial charge in [-0.05, 0) is 31.6 Å². The van der Waals surface area contributed by atoms with Crippen LogP contribution in [0.1, 0.15) is 43.8 Å². The molecule has 4 rings (SSSR count). The molecule has 2 fully saturated rings. The van der Waals surface area contributed by atoms with E-state index in [2.05, 4.69) is 15.2 Å². The van der Waals surface area contributed by atoms with Gasteiger partial charge in [-0.3, -0.25) is 4.68 Å². The lowest BCUT2D eigenvalue weighted by Gasteiger charge is -2.31. The molecule has 1 saturated carbocycles. The van der Waals surface area contributed by atoms with Crippen molar-refractivity contribution in [2.24, 2.45) is 5.41 Å². The lowest BCUT2D eigenvalue weighted by atomic mass is 9.92. The summed E-state index contributed by atoms with van der Waals surface area (Å²) >= 11 is 0. The Hall–Kier alpha value is -1.74. The van der Waals surface area contributed by atoms with E-state index < -0.39 is 10.0 Å². The van der Waals surface area contributed by atoms with Crippen molar-refractivity contribution in [3.05, 3.63) is 24.1 Å². The van der Waals surface area contributed by atoms with Crippen LogP contribution in [0.25, 0.3) is 0 Å². The maximum Gasteiger partial charge on any atom is 0.246 e. The minimum atomic E-state index is -3.45. The van der Waals surface area contributed by atoms with Crippen molar-refractivity contribution in [3.63, 3.8) is 0 Å². The highest BCUT2D eigenvalue weighted by Crippen LogP contribution is 2.64. The Kier molecular flexibility index (Phi) is 3.54. The van der Waals surface area contributed by atoms with E-state index in [0.717, 1.165) is 25.1 Å². The fourth-order valence-corrected chi connectivity index (χ4v) is 5.09. The molecule has 8 nitrogen and oxygen atoms in total. The molecule has 2 aromatic heterocycles. The average molecular weight is 351 g/mol. The van der Waals surface area contributed by atoms with E-state index in [9.17, 15) is 8.42 Å². The minimum Gasteiger partial charge on any atom is -0.340 e. The molecule has 1 aliphatic carbocycles. The maximum absolute atomic E-state index is 12.7. The fraction of sp³-hybridized carbons (Fsp3) is 0.667. The van der Waals surface area contributed by atoms with Gasteiger partial charge < -0.3 is 4.52 Å². The SMILES string of the molecule is CCn1cc(S(=O)(=O)N2CCC3(CC2)C[C@@H]3c2noc(C)n2)cn1. The molecule has 9 heteroatoms. The van der Waals surface area contributed by atoms with Crippen LogP contribution in [0.15, 0.2) is 21.8 Å². The molecule has 0 bridgehead atoms. The largest absolute Gasteiger partial charge is 0.340 e. The van der Waals surface area contributed by atoms with E-state index in [1.54, 1.807) is 22.1 Å². The molecule has 0 aromatic carbocycles. The molecule has 2 aliphatic rings. The van der Waals surface area contributed by atoms with E-state index in [1.807, 2.05) is 6.92 Å². The van der Waals surface area contributed by atoms with Crippen molar-refractivity contribution in [2.45, 2.75) is 50.5 Å². The van der Waals surface area contributed by atoms with Crippen molar-refractivity contribution in [1.29, 1.82) is 0 Å². The van der Waals surface area contributed by atoms with Gasteiger partial charge in [0.1, 0.15) is 4.90 Å². The number of piperidine rings is 1. The predicted octanol–water partition coefficient (Wildman–Crippen LogP) is 1.55. The van der Waals surface area contributed by atoms with Gasteiger partial charge >= 0.3 is 0 Å². The van der Waals surface area contributed by atoms with Crippen molar-refractivity contribution in [2.75, 3.05) is 13.1 Å². The number of aryl methyl sites for hydroxylation is 2. The molecule has 24 heavy (non-hydrogen) atoms. The molecule has 1 saturated heterocycles. The number of hydrogen-bond donors (Lipinski definition) is 0. The summed E-state index contributed by atoms with van der Waals surface area (Å²) in [6.07, 6.45) is 5.74. The summed E-state index contributed by atoms with van der Waals surface area (Å²) in [6, 6.07) is 0. The smallest absolute Gasteiger partial charge is 0.246 e. The van der Waals surface area contributed by atoms with Gasteiger partial charge in [-0.25, -0.2) is 8.42 Å². The highest BCUT2D eigenvalue weighted by atomic mass is 32.2. The van der Waals surface area contributed by atoms with Gasteiger partial charge in [-0.15, -0.1) is 0 Å². The van der Waals surface area contributed by atoms with Crippen LogP contribution in [-0.4, -0.2) is 45.7 Å². The Labute approximate surface area is 140 Å². The maximum atomic E-state index is 12.7. The zero-order valence-corrected chi connectivity index (χ0v) is 14.7. The normalized spacial score (nSPS) is 23.7. The predicted molar refractivity (Wildman–Crippen MR) is 84.7 cm³/mol. The zero-order valence-electron chi connectivity index (χ0n) is 13.8. The van der Waals surface area contributed by atoms with Gasteiger partial charge in [0, 0.05) is 38.7 Å². The number of aromatic nitrogens is 4. The van der Waals surface area contributed by atoms with Crippen LogP contribution < -0.4 is 0 Å². The Morgan fingerprint density at radius 1 is 1.38 bits per heavy atom. The van der Waals surface area contributed by atoms with Gasteiger partial charge in [0.05, 0.1) is 6.20 Å². The molecular formula is C15H21N5O3S. The average Bonchev–Trinajstić information content (AvgIpc) is 2.96. The van der Waals surface area contributed by atoms with Gasteiger partial charge in [0.2, 0.25) is 15.9 Å². The molecule has 0 unspecified atom stereocenters. The summed E-state index contributed by atoms with van der Waals surface area (Å²) in [4.78, 5) is 4.61. The van der Waals surface area contributed by atoms with Crippen LogP contribution in [0.5, 0.6) is 0 Å².